The lowest BCUT2D eigenvalue weighted by Gasteiger charge is -2.34. The molecule has 4 heteroatoms. The summed E-state index contributed by atoms with van der Waals surface area (Å²) in [6, 6.07) is 14.6. The highest BCUT2D eigenvalue weighted by Crippen LogP contribution is 2.28. The van der Waals surface area contributed by atoms with E-state index in [1.54, 1.807) is 7.11 Å². The molecule has 0 radical (unpaired) electrons. The molecule has 0 aromatic heterocycles. The van der Waals surface area contributed by atoms with Crippen molar-refractivity contribution < 1.29 is 14.3 Å². The smallest absolute Gasteiger partial charge is 0.338 e. The summed E-state index contributed by atoms with van der Waals surface area (Å²) in [5.41, 5.74) is 4.65. The average Bonchev–Trinajstić information content (AvgIpc) is 2.76. The number of carbonyl (C=O) groups excluding carboxylic acids is 1. The number of carbonyl (C=O) groups is 1. The molecule has 1 aliphatic carbocycles. The number of unbranched alkanes of at least 4 members (excludes halogenated alkanes) is 1. The molecular formula is C25H33NO3. The van der Waals surface area contributed by atoms with Crippen molar-refractivity contribution >= 4 is 5.97 Å². The Balaban J connectivity index is 1.41. The van der Waals surface area contributed by atoms with Gasteiger partial charge in [-0.3, -0.25) is 0 Å². The lowest BCUT2D eigenvalue weighted by Crippen LogP contribution is -2.39. The van der Waals surface area contributed by atoms with Gasteiger partial charge in [-0.05, 0) is 87.5 Å². The van der Waals surface area contributed by atoms with Gasteiger partial charge in [-0.25, -0.2) is 4.79 Å². The minimum absolute atomic E-state index is 0.225. The molecule has 0 saturated heterocycles. The highest BCUT2D eigenvalue weighted by Gasteiger charge is 2.23. The number of ether oxygens (including phenoxy) is 2. The minimum Gasteiger partial charge on any atom is -0.497 e. The maximum atomic E-state index is 12.1. The van der Waals surface area contributed by atoms with Crippen molar-refractivity contribution in [1.29, 1.82) is 0 Å². The predicted octanol–water partition coefficient (Wildman–Crippen LogP) is 4.82. The zero-order valence-corrected chi connectivity index (χ0v) is 17.9. The van der Waals surface area contributed by atoms with Gasteiger partial charge in [0, 0.05) is 6.04 Å². The molecule has 1 aliphatic rings. The maximum Gasteiger partial charge on any atom is 0.338 e. The van der Waals surface area contributed by atoms with Gasteiger partial charge in [0.15, 0.2) is 0 Å². The van der Waals surface area contributed by atoms with Crippen molar-refractivity contribution in [2.24, 2.45) is 0 Å². The summed E-state index contributed by atoms with van der Waals surface area (Å²) in [6.45, 7) is 6.84. The van der Waals surface area contributed by atoms with Crippen LogP contribution < -0.4 is 4.74 Å². The monoisotopic (exact) mass is 395 g/mol. The van der Waals surface area contributed by atoms with Gasteiger partial charge >= 0.3 is 5.97 Å². The van der Waals surface area contributed by atoms with E-state index in [2.05, 4.69) is 30.0 Å². The zero-order valence-electron chi connectivity index (χ0n) is 17.9. The third kappa shape index (κ3) is 5.83. The molecule has 0 fully saturated rings. The van der Waals surface area contributed by atoms with Gasteiger partial charge in [-0.2, -0.15) is 0 Å². The van der Waals surface area contributed by atoms with E-state index in [1.165, 1.54) is 17.5 Å². The fourth-order valence-electron chi connectivity index (χ4n) is 4.10. The number of aryl methyl sites for hydroxylation is 2. The lowest BCUT2D eigenvalue weighted by atomic mass is 9.87. The Morgan fingerprint density at radius 1 is 1.10 bits per heavy atom. The van der Waals surface area contributed by atoms with Crippen LogP contribution >= 0.6 is 0 Å². The molecule has 0 spiro atoms. The summed E-state index contributed by atoms with van der Waals surface area (Å²) in [4.78, 5) is 14.7. The first-order valence-electron chi connectivity index (χ1n) is 10.7. The molecule has 0 heterocycles. The first kappa shape index (κ1) is 21.4. The van der Waals surface area contributed by atoms with Crippen LogP contribution in [0.15, 0.2) is 42.5 Å². The van der Waals surface area contributed by atoms with Gasteiger partial charge in [0.25, 0.3) is 0 Å². The Bertz CT molecular complexity index is 800. The molecule has 4 nitrogen and oxygen atoms in total. The molecule has 2 aromatic rings. The third-order valence-electron chi connectivity index (χ3n) is 5.90. The van der Waals surface area contributed by atoms with Gasteiger partial charge in [0.05, 0.1) is 19.3 Å². The molecule has 0 N–H and O–H groups in total. The van der Waals surface area contributed by atoms with E-state index < -0.39 is 0 Å². The van der Waals surface area contributed by atoms with Crippen molar-refractivity contribution in [3.05, 3.63) is 64.7 Å². The molecular weight excluding hydrogens is 362 g/mol. The van der Waals surface area contributed by atoms with E-state index in [9.17, 15) is 4.79 Å². The van der Waals surface area contributed by atoms with E-state index >= 15 is 0 Å². The number of fused-ring (bicyclic) bond motifs is 1. The van der Waals surface area contributed by atoms with Crippen LogP contribution in [0.3, 0.4) is 0 Å². The second-order valence-electron chi connectivity index (χ2n) is 7.87. The highest BCUT2D eigenvalue weighted by atomic mass is 16.5. The molecule has 3 rings (SSSR count). The van der Waals surface area contributed by atoms with E-state index in [-0.39, 0.29) is 5.97 Å². The Kier molecular flexibility index (Phi) is 7.70. The SMILES string of the molecule is CCN(CCCCOC(=O)c1ccc(C)cc1)C1CCc2cc(OC)ccc2C1. The van der Waals surface area contributed by atoms with Gasteiger partial charge in [-0.1, -0.05) is 30.7 Å². The lowest BCUT2D eigenvalue weighted by molar-refractivity contribution is 0.0492. The maximum absolute atomic E-state index is 12.1. The molecule has 0 aliphatic heterocycles. The Morgan fingerprint density at radius 2 is 1.90 bits per heavy atom. The standard InChI is InChI=1S/C25H33NO3/c1-4-26(23-13-11-22-18-24(28-3)14-12-21(22)17-23)15-5-6-16-29-25(27)20-9-7-19(2)8-10-20/h7-10,12,14,18,23H,4-6,11,13,15-17H2,1-3H3. The van der Waals surface area contributed by atoms with Gasteiger partial charge in [-0.15, -0.1) is 0 Å². The summed E-state index contributed by atoms with van der Waals surface area (Å²) in [5, 5.41) is 0. The fraction of sp³-hybridized carbons (Fsp3) is 0.480. The predicted molar refractivity (Wildman–Crippen MR) is 117 cm³/mol. The summed E-state index contributed by atoms with van der Waals surface area (Å²) in [7, 11) is 1.73. The number of esters is 1. The summed E-state index contributed by atoms with van der Waals surface area (Å²) in [6.07, 6.45) is 5.35. The molecule has 29 heavy (non-hydrogen) atoms. The third-order valence-corrected chi connectivity index (χ3v) is 5.90. The van der Waals surface area contributed by atoms with Crippen LogP contribution in [0.1, 0.15) is 53.2 Å². The van der Waals surface area contributed by atoms with Crippen LogP contribution in [0.25, 0.3) is 0 Å². The first-order valence-corrected chi connectivity index (χ1v) is 10.7. The number of rotatable bonds is 9. The van der Waals surface area contributed by atoms with Crippen LogP contribution in [0.5, 0.6) is 5.75 Å². The van der Waals surface area contributed by atoms with Crippen LogP contribution in [-0.4, -0.2) is 43.7 Å². The molecule has 2 aromatic carbocycles. The number of likely N-dealkylation sites (N-methyl/N-ethyl adjacent to an activating group) is 1. The molecule has 0 bridgehead atoms. The quantitative estimate of drug-likeness (QED) is 0.451. The molecule has 1 unspecified atom stereocenters. The number of methoxy groups -OCH3 is 1. The number of nitrogens with zero attached hydrogens (tertiary/aromatic N) is 1. The van der Waals surface area contributed by atoms with Crippen molar-refractivity contribution in [2.45, 2.75) is 52.0 Å². The van der Waals surface area contributed by atoms with Gasteiger partial charge < -0.3 is 14.4 Å². The van der Waals surface area contributed by atoms with E-state index in [0.717, 1.165) is 50.1 Å². The number of benzene rings is 2. The fourth-order valence-corrected chi connectivity index (χ4v) is 4.10. The van der Waals surface area contributed by atoms with Crippen LogP contribution in [0.4, 0.5) is 0 Å². The molecule has 0 amide bonds. The van der Waals surface area contributed by atoms with E-state index in [0.29, 0.717) is 18.2 Å². The summed E-state index contributed by atoms with van der Waals surface area (Å²) < 4.78 is 10.8. The van der Waals surface area contributed by atoms with E-state index in [4.69, 9.17) is 9.47 Å². The Hall–Kier alpha value is -2.33. The van der Waals surface area contributed by atoms with Crippen molar-refractivity contribution in [2.75, 3.05) is 26.8 Å². The molecule has 0 saturated carbocycles. The largest absolute Gasteiger partial charge is 0.497 e. The summed E-state index contributed by atoms with van der Waals surface area (Å²) >= 11 is 0. The van der Waals surface area contributed by atoms with Crippen LogP contribution in [0, 0.1) is 6.92 Å². The second kappa shape index (κ2) is 10.4. The number of hydrogen-bond donors (Lipinski definition) is 0. The topological polar surface area (TPSA) is 38.8 Å². The van der Waals surface area contributed by atoms with Crippen LogP contribution in [-0.2, 0) is 17.6 Å². The Labute approximate surface area is 174 Å². The number of hydrogen-bond acceptors (Lipinski definition) is 4. The van der Waals surface area contributed by atoms with Crippen molar-refractivity contribution in [1.82, 2.24) is 4.90 Å². The average molecular weight is 396 g/mol. The highest BCUT2D eigenvalue weighted by molar-refractivity contribution is 5.89. The van der Waals surface area contributed by atoms with E-state index in [1.807, 2.05) is 31.2 Å². The van der Waals surface area contributed by atoms with Gasteiger partial charge in [0.1, 0.15) is 5.75 Å². The first-order chi connectivity index (χ1) is 14.1. The normalized spacial score (nSPS) is 15.8. The Morgan fingerprint density at radius 3 is 2.62 bits per heavy atom. The van der Waals surface area contributed by atoms with Gasteiger partial charge in [0.2, 0.25) is 0 Å². The molecule has 156 valence electrons. The van der Waals surface area contributed by atoms with Crippen molar-refractivity contribution in [3.8, 4) is 5.75 Å². The second-order valence-corrected chi connectivity index (χ2v) is 7.87. The summed E-state index contributed by atoms with van der Waals surface area (Å²) in [5.74, 6) is 0.728. The van der Waals surface area contributed by atoms with Crippen molar-refractivity contribution in [3.63, 3.8) is 0 Å². The van der Waals surface area contributed by atoms with Crippen LogP contribution in [0.2, 0.25) is 0 Å². The minimum atomic E-state index is -0.225. The zero-order chi connectivity index (χ0) is 20.6. The molecule has 1 atom stereocenters.